The zero-order chi connectivity index (χ0) is 11.4. The molecule has 88 valence electrons. The molecule has 0 heterocycles. The number of methoxy groups -OCH3 is 1. The summed E-state index contributed by atoms with van der Waals surface area (Å²) in [6.45, 7) is 2.35. The summed E-state index contributed by atoms with van der Waals surface area (Å²) in [5, 5.41) is 3.63. The van der Waals surface area contributed by atoms with E-state index >= 15 is 0 Å². The van der Waals surface area contributed by atoms with E-state index in [0.29, 0.717) is 6.04 Å². The lowest BCUT2D eigenvalue weighted by atomic mass is 9.86. The molecule has 1 N–H and O–H groups in total. The first-order valence-electron chi connectivity index (χ1n) is 6.20. The highest BCUT2D eigenvalue weighted by Gasteiger charge is 2.20. The highest BCUT2D eigenvalue weighted by Crippen LogP contribution is 2.27. The number of nitrogens with one attached hydrogen (secondary N) is 1. The van der Waals surface area contributed by atoms with Gasteiger partial charge in [0.15, 0.2) is 0 Å². The van der Waals surface area contributed by atoms with Gasteiger partial charge in [0.25, 0.3) is 0 Å². The maximum atomic E-state index is 5.15. The van der Waals surface area contributed by atoms with E-state index in [1.165, 1.54) is 31.4 Å². The van der Waals surface area contributed by atoms with Crippen LogP contribution in [0.25, 0.3) is 0 Å². The Morgan fingerprint density at radius 1 is 1.12 bits per heavy atom. The molecule has 1 fully saturated rings. The monoisotopic (exact) mass is 219 g/mol. The van der Waals surface area contributed by atoms with Crippen molar-refractivity contribution in [3.63, 3.8) is 0 Å². The maximum absolute atomic E-state index is 5.15. The molecule has 0 aromatic heterocycles. The first kappa shape index (κ1) is 11.3. The van der Waals surface area contributed by atoms with Gasteiger partial charge in [-0.3, -0.25) is 0 Å². The van der Waals surface area contributed by atoms with Gasteiger partial charge >= 0.3 is 0 Å². The molecule has 0 aliphatic heterocycles. The van der Waals surface area contributed by atoms with E-state index in [-0.39, 0.29) is 0 Å². The van der Waals surface area contributed by atoms with Crippen LogP contribution in [0.1, 0.15) is 32.6 Å². The predicted molar refractivity (Wildman–Crippen MR) is 68.0 cm³/mol. The molecule has 2 heteroatoms. The normalized spacial score (nSPS) is 25.1. The quantitative estimate of drug-likeness (QED) is 0.837. The Kier molecular flexibility index (Phi) is 3.70. The van der Waals surface area contributed by atoms with Crippen LogP contribution >= 0.6 is 0 Å². The van der Waals surface area contributed by atoms with Gasteiger partial charge in [0.1, 0.15) is 5.75 Å². The molecule has 0 unspecified atom stereocenters. The van der Waals surface area contributed by atoms with Gasteiger partial charge in [0.2, 0.25) is 0 Å². The van der Waals surface area contributed by atoms with Gasteiger partial charge in [-0.15, -0.1) is 0 Å². The zero-order valence-electron chi connectivity index (χ0n) is 10.2. The summed E-state index contributed by atoms with van der Waals surface area (Å²) in [6.07, 6.45) is 5.40. The fraction of sp³-hybridized carbons (Fsp3) is 0.571. The summed E-state index contributed by atoms with van der Waals surface area (Å²) in [4.78, 5) is 0. The Balaban J connectivity index is 1.96. The van der Waals surface area contributed by atoms with Crippen LogP contribution in [0.4, 0.5) is 5.69 Å². The second kappa shape index (κ2) is 5.24. The third-order valence-corrected chi connectivity index (χ3v) is 3.55. The van der Waals surface area contributed by atoms with E-state index in [9.17, 15) is 0 Å². The summed E-state index contributed by atoms with van der Waals surface area (Å²) < 4.78 is 5.15. The molecule has 0 amide bonds. The summed E-state index contributed by atoms with van der Waals surface area (Å²) in [5.41, 5.74) is 1.21. The summed E-state index contributed by atoms with van der Waals surface area (Å²) in [5.74, 6) is 1.71. The maximum Gasteiger partial charge on any atom is 0.119 e. The second-order valence-corrected chi connectivity index (χ2v) is 4.74. The van der Waals surface area contributed by atoms with Gasteiger partial charge in [0.05, 0.1) is 7.11 Å². The molecule has 1 aromatic rings. The minimum Gasteiger partial charge on any atom is -0.497 e. The van der Waals surface area contributed by atoms with E-state index in [1.54, 1.807) is 7.11 Å². The number of rotatable bonds is 3. The highest BCUT2D eigenvalue weighted by molar-refractivity contribution is 5.47. The summed E-state index contributed by atoms with van der Waals surface area (Å²) in [6, 6.07) is 8.86. The standard InChI is InChI=1S/C14H21NO/c1-11-5-3-4-6-14(11)15-12-7-9-13(16-2)10-8-12/h7-11,14-15H,3-6H2,1-2H3/t11-,14+/m0/s1. The molecule has 0 spiro atoms. The van der Waals surface area contributed by atoms with Gasteiger partial charge < -0.3 is 10.1 Å². The Labute approximate surface area is 98.0 Å². The lowest BCUT2D eigenvalue weighted by Crippen LogP contribution is -2.30. The largest absolute Gasteiger partial charge is 0.497 e. The molecule has 1 aliphatic carbocycles. The molecular weight excluding hydrogens is 198 g/mol. The Hall–Kier alpha value is -1.18. The van der Waals surface area contributed by atoms with Gasteiger partial charge in [-0.1, -0.05) is 19.8 Å². The number of ether oxygens (including phenoxy) is 1. The molecule has 1 aromatic carbocycles. The van der Waals surface area contributed by atoms with E-state index < -0.39 is 0 Å². The number of hydrogen-bond donors (Lipinski definition) is 1. The van der Waals surface area contributed by atoms with Gasteiger partial charge in [-0.2, -0.15) is 0 Å². The Bertz CT molecular complexity index is 320. The Morgan fingerprint density at radius 3 is 2.44 bits per heavy atom. The van der Waals surface area contributed by atoms with Crippen LogP contribution in [0, 0.1) is 5.92 Å². The van der Waals surface area contributed by atoms with Crippen molar-refractivity contribution in [2.75, 3.05) is 12.4 Å². The molecule has 2 nitrogen and oxygen atoms in total. The molecule has 0 radical (unpaired) electrons. The number of benzene rings is 1. The number of anilines is 1. The smallest absolute Gasteiger partial charge is 0.119 e. The van der Waals surface area contributed by atoms with Crippen molar-refractivity contribution in [3.05, 3.63) is 24.3 Å². The fourth-order valence-corrected chi connectivity index (χ4v) is 2.43. The summed E-state index contributed by atoms with van der Waals surface area (Å²) >= 11 is 0. The van der Waals surface area contributed by atoms with Crippen LogP contribution in [-0.2, 0) is 0 Å². The van der Waals surface area contributed by atoms with Crippen LogP contribution < -0.4 is 10.1 Å². The Morgan fingerprint density at radius 2 is 1.81 bits per heavy atom. The van der Waals surface area contributed by atoms with Crippen molar-refractivity contribution in [2.24, 2.45) is 5.92 Å². The fourth-order valence-electron chi connectivity index (χ4n) is 2.43. The lowest BCUT2D eigenvalue weighted by Gasteiger charge is -2.30. The third kappa shape index (κ3) is 2.69. The van der Waals surface area contributed by atoms with Gasteiger partial charge in [-0.25, -0.2) is 0 Å². The minimum atomic E-state index is 0.641. The molecule has 0 saturated heterocycles. The van der Waals surface area contributed by atoms with E-state index in [1.807, 2.05) is 12.1 Å². The molecule has 2 rings (SSSR count). The van der Waals surface area contributed by atoms with Crippen LogP contribution in [0.3, 0.4) is 0 Å². The van der Waals surface area contributed by atoms with Gasteiger partial charge in [-0.05, 0) is 43.0 Å². The zero-order valence-corrected chi connectivity index (χ0v) is 10.2. The number of hydrogen-bond acceptors (Lipinski definition) is 2. The SMILES string of the molecule is COc1ccc(N[C@@H]2CCCC[C@@H]2C)cc1. The van der Waals surface area contributed by atoms with Crippen LogP contribution in [0.5, 0.6) is 5.75 Å². The minimum absolute atomic E-state index is 0.641. The van der Waals surface area contributed by atoms with Crippen LogP contribution in [0.15, 0.2) is 24.3 Å². The van der Waals surface area contributed by atoms with Crippen molar-refractivity contribution in [2.45, 2.75) is 38.6 Å². The lowest BCUT2D eigenvalue weighted by molar-refractivity contribution is 0.349. The molecule has 1 saturated carbocycles. The topological polar surface area (TPSA) is 21.3 Å². The molecule has 1 aliphatic rings. The van der Waals surface area contributed by atoms with Crippen molar-refractivity contribution in [1.29, 1.82) is 0 Å². The van der Waals surface area contributed by atoms with Crippen molar-refractivity contribution in [3.8, 4) is 5.75 Å². The third-order valence-electron chi connectivity index (χ3n) is 3.55. The summed E-state index contributed by atoms with van der Waals surface area (Å²) in [7, 11) is 1.70. The average molecular weight is 219 g/mol. The second-order valence-electron chi connectivity index (χ2n) is 4.74. The first-order chi connectivity index (χ1) is 7.79. The van der Waals surface area contributed by atoms with Crippen LogP contribution in [-0.4, -0.2) is 13.2 Å². The molecular formula is C14H21NO. The van der Waals surface area contributed by atoms with E-state index in [4.69, 9.17) is 4.74 Å². The van der Waals surface area contributed by atoms with E-state index in [2.05, 4.69) is 24.4 Å². The highest BCUT2D eigenvalue weighted by atomic mass is 16.5. The average Bonchev–Trinajstić information content (AvgIpc) is 2.33. The van der Waals surface area contributed by atoms with Crippen molar-refractivity contribution < 1.29 is 4.74 Å². The van der Waals surface area contributed by atoms with Crippen molar-refractivity contribution >= 4 is 5.69 Å². The van der Waals surface area contributed by atoms with Crippen LogP contribution in [0.2, 0.25) is 0 Å². The first-order valence-corrected chi connectivity index (χ1v) is 6.20. The van der Waals surface area contributed by atoms with Crippen molar-refractivity contribution in [1.82, 2.24) is 0 Å². The molecule has 2 atom stereocenters. The molecule has 0 bridgehead atoms. The van der Waals surface area contributed by atoms with Gasteiger partial charge in [0, 0.05) is 11.7 Å². The predicted octanol–water partition coefficient (Wildman–Crippen LogP) is 3.69. The molecule has 16 heavy (non-hydrogen) atoms. The van der Waals surface area contributed by atoms with E-state index in [0.717, 1.165) is 11.7 Å².